The number of aliphatic carboxylic acids is 2. The molecule has 0 atom stereocenters. The van der Waals surface area contributed by atoms with Crippen LogP contribution in [0.15, 0.2) is 36.4 Å². The van der Waals surface area contributed by atoms with Crippen molar-refractivity contribution in [1.29, 1.82) is 0 Å². The molecule has 0 aromatic heterocycles. The van der Waals surface area contributed by atoms with Gasteiger partial charge in [-0.3, -0.25) is 9.59 Å². The van der Waals surface area contributed by atoms with Crippen LogP contribution in [0.5, 0.6) is 23.0 Å². The van der Waals surface area contributed by atoms with Gasteiger partial charge in [-0.25, -0.2) is 0 Å². The number of rotatable bonds is 4. The van der Waals surface area contributed by atoms with E-state index in [9.17, 15) is 27.2 Å². The van der Waals surface area contributed by atoms with Crippen LogP contribution in [0.2, 0.25) is 0 Å². The maximum Gasteiger partial charge on any atom is 0.586 e. The summed E-state index contributed by atoms with van der Waals surface area (Å²) in [6.45, 7) is 0. The monoisotopic (exact) mass is 484 g/mol. The van der Waals surface area contributed by atoms with Gasteiger partial charge in [0.15, 0.2) is 23.0 Å². The normalized spacial score (nSPS) is 22.2. The Kier molecular flexibility index (Phi) is 4.49. The van der Waals surface area contributed by atoms with E-state index in [0.717, 1.165) is 0 Å². The van der Waals surface area contributed by atoms with E-state index in [0.29, 0.717) is 36.8 Å². The van der Waals surface area contributed by atoms with Gasteiger partial charge < -0.3 is 29.2 Å². The summed E-state index contributed by atoms with van der Waals surface area (Å²) in [6.07, 6.45) is -5.28. The minimum absolute atomic E-state index is 0.0695. The van der Waals surface area contributed by atoms with Crippen LogP contribution in [0.3, 0.4) is 0 Å². The molecule has 2 aromatic rings. The number of carbonyl (C=O) groups is 2. The Morgan fingerprint density at radius 3 is 1.24 bits per heavy atom. The van der Waals surface area contributed by atoms with Gasteiger partial charge in [0, 0.05) is 0 Å². The van der Waals surface area contributed by atoms with E-state index in [-0.39, 0.29) is 23.0 Å². The predicted molar refractivity (Wildman–Crippen MR) is 102 cm³/mol. The Morgan fingerprint density at radius 2 is 0.941 bits per heavy atom. The van der Waals surface area contributed by atoms with E-state index in [1.54, 1.807) is 0 Å². The quantitative estimate of drug-likeness (QED) is 0.620. The van der Waals surface area contributed by atoms with Gasteiger partial charge >= 0.3 is 24.5 Å². The smallest absolute Gasteiger partial charge is 0.481 e. The summed E-state index contributed by atoms with van der Waals surface area (Å²) in [7, 11) is 0. The van der Waals surface area contributed by atoms with Gasteiger partial charge in [0.05, 0.1) is 10.8 Å². The van der Waals surface area contributed by atoms with Gasteiger partial charge in [0.2, 0.25) is 0 Å². The molecule has 2 heterocycles. The minimum atomic E-state index is -3.67. The summed E-state index contributed by atoms with van der Waals surface area (Å²) >= 11 is 0. The molecule has 34 heavy (non-hydrogen) atoms. The highest BCUT2D eigenvalue weighted by Gasteiger charge is 2.54. The first-order valence-corrected chi connectivity index (χ1v) is 10.1. The highest BCUT2D eigenvalue weighted by atomic mass is 19.3. The molecular weight excluding hydrogens is 468 g/mol. The molecule has 4 aliphatic rings. The number of carboxylic acids is 2. The average molecular weight is 484 g/mol. The van der Waals surface area contributed by atoms with Crippen molar-refractivity contribution in [3.63, 3.8) is 0 Å². The van der Waals surface area contributed by atoms with Crippen molar-refractivity contribution < 1.29 is 56.3 Å². The van der Waals surface area contributed by atoms with E-state index >= 15 is 0 Å². The number of hydrogen-bond acceptors (Lipinski definition) is 6. The van der Waals surface area contributed by atoms with E-state index in [1.165, 1.54) is 36.4 Å². The zero-order chi connectivity index (χ0) is 24.5. The van der Waals surface area contributed by atoms with Crippen LogP contribution in [0.4, 0.5) is 17.6 Å². The molecule has 180 valence electrons. The molecule has 2 aliphatic carbocycles. The van der Waals surface area contributed by atoms with Crippen molar-refractivity contribution in [3.05, 3.63) is 47.5 Å². The van der Waals surface area contributed by atoms with Gasteiger partial charge in [-0.1, -0.05) is 12.1 Å². The van der Waals surface area contributed by atoms with Gasteiger partial charge in [-0.05, 0) is 61.1 Å². The summed E-state index contributed by atoms with van der Waals surface area (Å²) in [6, 6.07) is 8.24. The second-order valence-electron chi connectivity index (χ2n) is 8.43. The molecule has 2 aliphatic heterocycles. The maximum atomic E-state index is 12.8. The van der Waals surface area contributed by atoms with E-state index in [2.05, 4.69) is 18.9 Å². The molecule has 8 nitrogen and oxygen atoms in total. The lowest BCUT2D eigenvalue weighted by molar-refractivity contribution is -0.287. The van der Waals surface area contributed by atoms with Crippen LogP contribution in [0.1, 0.15) is 36.8 Å². The Labute approximate surface area is 188 Å². The molecule has 0 saturated heterocycles. The maximum absolute atomic E-state index is 12.8. The Balaban J connectivity index is 0.000000142. The second-order valence-corrected chi connectivity index (χ2v) is 8.43. The largest absolute Gasteiger partial charge is 0.586 e. The van der Waals surface area contributed by atoms with Crippen molar-refractivity contribution in [2.45, 2.75) is 49.1 Å². The molecule has 2 fully saturated rings. The van der Waals surface area contributed by atoms with E-state index in [1.807, 2.05) is 0 Å². The fourth-order valence-corrected chi connectivity index (χ4v) is 4.00. The number of carboxylic acid groups (broad SMARTS) is 2. The average Bonchev–Trinajstić information content (AvgIpc) is 3.63. The molecule has 0 radical (unpaired) electrons. The highest BCUT2D eigenvalue weighted by Crippen LogP contribution is 2.53. The summed E-state index contributed by atoms with van der Waals surface area (Å²) in [5, 5.41) is 18.2. The topological polar surface area (TPSA) is 112 Å². The van der Waals surface area contributed by atoms with E-state index < -0.39 is 35.4 Å². The molecule has 2 aromatic carbocycles. The Morgan fingerprint density at radius 1 is 0.618 bits per heavy atom. The lowest BCUT2D eigenvalue weighted by Crippen LogP contribution is -2.26. The first-order valence-electron chi connectivity index (χ1n) is 10.1. The van der Waals surface area contributed by atoms with Crippen molar-refractivity contribution >= 4 is 11.9 Å². The fraction of sp³-hybridized carbons (Fsp3) is 0.364. The fourth-order valence-electron chi connectivity index (χ4n) is 4.00. The molecular formula is C22H16F4O8. The van der Waals surface area contributed by atoms with Crippen LogP contribution >= 0.6 is 0 Å². The van der Waals surface area contributed by atoms with Gasteiger partial charge in [0.25, 0.3) is 0 Å². The molecule has 0 unspecified atom stereocenters. The van der Waals surface area contributed by atoms with Gasteiger partial charge in [-0.15, -0.1) is 17.6 Å². The third-order valence-corrected chi connectivity index (χ3v) is 6.23. The van der Waals surface area contributed by atoms with E-state index in [4.69, 9.17) is 10.2 Å². The minimum Gasteiger partial charge on any atom is -0.481 e. The number of benzene rings is 2. The highest BCUT2D eigenvalue weighted by molar-refractivity contribution is 5.85. The van der Waals surface area contributed by atoms with Crippen molar-refractivity contribution in [1.82, 2.24) is 0 Å². The zero-order valence-electron chi connectivity index (χ0n) is 17.1. The van der Waals surface area contributed by atoms with Gasteiger partial charge in [0.1, 0.15) is 0 Å². The first-order chi connectivity index (χ1) is 15.9. The van der Waals surface area contributed by atoms with Crippen molar-refractivity contribution in [2.75, 3.05) is 0 Å². The predicted octanol–water partition coefficient (Wildman–Crippen LogP) is 4.25. The van der Waals surface area contributed by atoms with Crippen LogP contribution in [0.25, 0.3) is 0 Å². The van der Waals surface area contributed by atoms with Crippen molar-refractivity contribution in [2.24, 2.45) is 0 Å². The van der Waals surface area contributed by atoms with Gasteiger partial charge in [-0.2, -0.15) is 0 Å². The van der Waals surface area contributed by atoms with Crippen LogP contribution in [0, 0.1) is 0 Å². The molecule has 0 amide bonds. The molecule has 2 N–H and O–H groups in total. The SMILES string of the molecule is O=C(O)C1(c2ccc3c(c2)OC(F)(F)O3)CC1.O=C(O)C1(c2ccc3c(c2)OC(F)(F)O3)CC1. The summed E-state index contributed by atoms with van der Waals surface area (Å²) in [4.78, 5) is 22.2. The number of fused-ring (bicyclic) bond motifs is 2. The Hall–Kier alpha value is -3.70. The first kappa shape index (κ1) is 22.1. The Bertz CT molecular complexity index is 1110. The standard InChI is InChI=1S/2C11H8F2O4/c2*12-11(13)16-7-2-1-6(5-8(7)17-11)10(3-4-10)9(14)15/h2*1-2,5H,3-4H2,(H,14,15). The van der Waals surface area contributed by atoms with Crippen LogP contribution < -0.4 is 18.9 Å². The number of ether oxygens (including phenoxy) is 4. The third-order valence-electron chi connectivity index (χ3n) is 6.23. The van der Waals surface area contributed by atoms with Crippen LogP contribution in [-0.2, 0) is 20.4 Å². The zero-order valence-corrected chi connectivity index (χ0v) is 17.1. The summed E-state index contributed by atoms with van der Waals surface area (Å²) in [5.74, 6) is -2.24. The lowest BCUT2D eigenvalue weighted by Gasteiger charge is -2.10. The summed E-state index contributed by atoms with van der Waals surface area (Å²) in [5.41, 5.74) is -0.915. The van der Waals surface area contributed by atoms with Crippen LogP contribution in [-0.4, -0.2) is 34.7 Å². The second kappa shape index (κ2) is 6.90. The lowest BCUT2D eigenvalue weighted by atomic mass is 9.96. The molecule has 0 spiro atoms. The summed E-state index contributed by atoms with van der Waals surface area (Å²) < 4.78 is 68.2. The third kappa shape index (κ3) is 3.62. The molecule has 12 heteroatoms. The number of hydrogen-bond donors (Lipinski definition) is 2. The molecule has 6 rings (SSSR count). The molecule has 0 bridgehead atoms. The number of alkyl halides is 4. The molecule has 2 saturated carbocycles. The number of halogens is 4. The van der Waals surface area contributed by atoms with Crippen molar-refractivity contribution in [3.8, 4) is 23.0 Å².